The number of ether oxygens (including phenoxy) is 1. The fourth-order valence-corrected chi connectivity index (χ4v) is 8.22. The number of halogens is 2. The highest BCUT2D eigenvalue weighted by Gasteiger charge is 2.36. The van der Waals surface area contributed by atoms with Crippen molar-refractivity contribution >= 4 is 29.5 Å². The van der Waals surface area contributed by atoms with Gasteiger partial charge in [0.25, 0.3) is 0 Å². The topological polar surface area (TPSA) is 126 Å². The molecule has 4 heterocycles. The van der Waals surface area contributed by atoms with Gasteiger partial charge >= 0.3 is 18.0 Å². The van der Waals surface area contributed by atoms with Crippen molar-refractivity contribution in [2.45, 2.75) is 84.2 Å². The Labute approximate surface area is 323 Å². The highest BCUT2D eigenvalue weighted by Crippen LogP contribution is 2.27. The smallest absolute Gasteiger partial charge is 0.409 e. The van der Waals surface area contributed by atoms with E-state index in [-0.39, 0.29) is 36.5 Å². The van der Waals surface area contributed by atoms with E-state index in [1.165, 1.54) is 12.7 Å². The lowest BCUT2D eigenvalue weighted by Gasteiger charge is -2.43. The molecule has 0 spiro atoms. The number of piperidine rings is 2. The second kappa shape index (κ2) is 18.6. The summed E-state index contributed by atoms with van der Waals surface area (Å²) in [7, 11) is 1.40. The lowest BCUT2D eigenvalue weighted by Crippen LogP contribution is -2.55. The number of rotatable bonds is 8. The van der Waals surface area contributed by atoms with Gasteiger partial charge in [-0.15, -0.1) is 0 Å². The second-order valence-electron chi connectivity index (χ2n) is 15.6. The first-order valence-corrected chi connectivity index (χ1v) is 19.6. The fraction of sp³-hybridized carbons (Fsp3) is 0.610. The molecule has 0 saturated carbocycles. The van der Waals surface area contributed by atoms with E-state index in [1.54, 1.807) is 4.90 Å². The normalized spacial score (nSPS) is 19.8. The number of piperazine rings is 1. The van der Waals surface area contributed by atoms with Crippen molar-refractivity contribution in [3.8, 4) is 5.75 Å². The molecule has 55 heavy (non-hydrogen) atoms. The van der Waals surface area contributed by atoms with Crippen molar-refractivity contribution in [2.24, 2.45) is 5.92 Å². The molecule has 0 aliphatic carbocycles. The van der Waals surface area contributed by atoms with Gasteiger partial charge in [-0.25, -0.2) is 9.59 Å². The zero-order valence-electron chi connectivity index (χ0n) is 33.0. The molecule has 6 rings (SSSR count). The Kier molecular flexibility index (Phi) is 14.1. The molecule has 0 unspecified atom stereocenters. The minimum atomic E-state index is -3.27. The van der Waals surface area contributed by atoms with Crippen LogP contribution in [0.4, 0.5) is 24.1 Å². The third-order valence-electron chi connectivity index (χ3n) is 11.6. The zero-order valence-corrected chi connectivity index (χ0v) is 33.0. The summed E-state index contributed by atoms with van der Waals surface area (Å²) < 4.78 is 31.0. The molecule has 3 fully saturated rings. The molecule has 3 saturated heterocycles. The van der Waals surface area contributed by atoms with Crippen LogP contribution < -0.4 is 5.32 Å². The first kappa shape index (κ1) is 41.9. The van der Waals surface area contributed by atoms with Crippen LogP contribution in [0.15, 0.2) is 36.4 Å². The summed E-state index contributed by atoms with van der Waals surface area (Å²) in [6.45, 7) is 12.4. The highest BCUT2D eigenvalue weighted by atomic mass is 19.3. The number of hydrogen-bond donors (Lipinski definition) is 2. The number of Topliss-reactive ketones (excluding diaryl/α,β-unsaturated/α-hetero) is 1. The van der Waals surface area contributed by atoms with Crippen LogP contribution in [0.5, 0.6) is 5.75 Å². The summed E-state index contributed by atoms with van der Waals surface area (Å²) in [5.74, 6) is -3.93. The number of ketones is 1. The fourth-order valence-electron chi connectivity index (χ4n) is 8.22. The van der Waals surface area contributed by atoms with Crippen LogP contribution in [0, 0.1) is 19.8 Å². The van der Waals surface area contributed by atoms with Crippen molar-refractivity contribution in [3.63, 3.8) is 0 Å². The van der Waals surface area contributed by atoms with Crippen molar-refractivity contribution < 1.29 is 37.8 Å². The van der Waals surface area contributed by atoms with E-state index in [1.807, 2.05) is 65.8 Å². The van der Waals surface area contributed by atoms with E-state index in [2.05, 4.69) is 16.3 Å². The number of nitrogens with zero attached hydrogens (tertiary/aromatic N) is 5. The number of alkyl halides is 2. The summed E-state index contributed by atoms with van der Waals surface area (Å²) >= 11 is 0. The number of benzene rings is 2. The molecule has 302 valence electrons. The Hall–Kier alpha value is -4.30. The molecule has 2 aromatic carbocycles. The van der Waals surface area contributed by atoms with Gasteiger partial charge in [0.15, 0.2) is 0 Å². The number of aryl methyl sites for hydroxylation is 2. The molecule has 12 nitrogen and oxygen atoms in total. The van der Waals surface area contributed by atoms with Crippen LogP contribution in [0.3, 0.4) is 0 Å². The van der Waals surface area contributed by atoms with Gasteiger partial charge in [-0.05, 0) is 80.7 Å². The van der Waals surface area contributed by atoms with Gasteiger partial charge in [-0.1, -0.05) is 37.3 Å². The maximum atomic E-state index is 13.1. The zero-order chi connectivity index (χ0) is 39.9. The summed E-state index contributed by atoms with van der Waals surface area (Å²) in [6.07, 6.45) is 4.61. The highest BCUT2D eigenvalue weighted by molar-refractivity contribution is 5.91. The van der Waals surface area contributed by atoms with Gasteiger partial charge in [-0.2, -0.15) is 8.78 Å². The summed E-state index contributed by atoms with van der Waals surface area (Å²) in [4.78, 5) is 58.3. The molecule has 4 aliphatic heterocycles. The number of carbonyl (C=O) groups is 4. The predicted molar refractivity (Wildman–Crippen MR) is 207 cm³/mol. The van der Waals surface area contributed by atoms with Crippen molar-refractivity contribution in [2.75, 3.05) is 77.9 Å². The van der Waals surface area contributed by atoms with E-state index in [9.17, 15) is 33.1 Å². The predicted octanol–water partition coefficient (Wildman–Crippen LogP) is 5.33. The van der Waals surface area contributed by atoms with Crippen molar-refractivity contribution in [1.82, 2.24) is 24.5 Å². The second-order valence-corrected chi connectivity index (χ2v) is 15.6. The van der Waals surface area contributed by atoms with Crippen LogP contribution in [-0.4, -0.2) is 144 Å². The van der Waals surface area contributed by atoms with E-state index < -0.39 is 11.7 Å². The summed E-state index contributed by atoms with van der Waals surface area (Å²) in [6, 6.07) is 12.4. The van der Waals surface area contributed by atoms with E-state index in [0.29, 0.717) is 57.9 Å². The molecule has 4 aliphatic rings. The number of urea groups is 1. The maximum absolute atomic E-state index is 13.1. The summed E-state index contributed by atoms with van der Waals surface area (Å²) in [5, 5.41) is 13.0. The SMILES string of the molecule is COC(=O)N1CCC(N2CCc3ccccc3NC2=O)CC1.Cc1cc(C[C@@H](C)C(=O)N2CCC(N3CCN(CC(=O)C(C)(F)F)CC3)CC2)cc(C)c1O. The number of amides is 4. The van der Waals surface area contributed by atoms with Crippen LogP contribution in [0.2, 0.25) is 0 Å². The largest absolute Gasteiger partial charge is 0.507 e. The van der Waals surface area contributed by atoms with Gasteiger partial charge in [0.1, 0.15) is 5.75 Å². The number of methoxy groups -OCH3 is 1. The molecule has 0 bridgehead atoms. The number of carbonyl (C=O) groups excluding carboxylic acids is 4. The number of aromatic hydroxyl groups is 1. The number of anilines is 1. The average Bonchev–Trinajstić information content (AvgIpc) is 3.34. The molecular formula is C41H58F2N6O6. The minimum absolute atomic E-state index is 0.0403. The maximum Gasteiger partial charge on any atom is 0.409 e. The molecule has 0 radical (unpaired) electrons. The van der Waals surface area contributed by atoms with Crippen LogP contribution in [0.1, 0.15) is 61.8 Å². The van der Waals surface area contributed by atoms with Gasteiger partial charge in [0.05, 0.1) is 13.7 Å². The molecule has 2 aromatic rings. The van der Waals surface area contributed by atoms with Gasteiger partial charge < -0.3 is 29.9 Å². The van der Waals surface area contributed by atoms with Crippen LogP contribution >= 0.6 is 0 Å². The number of likely N-dealkylation sites (tertiary alicyclic amines) is 2. The number of nitrogens with one attached hydrogen (secondary N) is 1. The van der Waals surface area contributed by atoms with E-state index >= 15 is 0 Å². The quantitative estimate of drug-likeness (QED) is 0.370. The lowest BCUT2D eigenvalue weighted by molar-refractivity contribution is -0.142. The monoisotopic (exact) mass is 768 g/mol. The Morgan fingerprint density at radius 3 is 2.07 bits per heavy atom. The standard InChI is InChI=1S/C25H37F2N3O3.C16H21N3O3/c1-17-13-20(14-18(2)23(17)32)15-19(3)24(33)30-7-5-21(6-8-30)29-11-9-28(10-12-29)16-22(31)25(4,26)27;1-22-16(21)18-9-7-13(8-10-18)19-11-6-12-4-2-3-5-14(12)17-15(19)20/h13-14,19,21,32H,5-12,15-16H2,1-4H3;2-5,13H,6-11H2,1H3,(H,17,20)/t19-;/m1./s1. The molecule has 1 atom stereocenters. The lowest BCUT2D eigenvalue weighted by atomic mass is 9.95. The van der Waals surface area contributed by atoms with Crippen molar-refractivity contribution in [1.29, 1.82) is 0 Å². The third kappa shape index (κ3) is 10.9. The molecular weight excluding hydrogens is 710 g/mol. The van der Waals surface area contributed by atoms with Gasteiger partial charge in [0, 0.05) is 89.5 Å². The van der Waals surface area contributed by atoms with Crippen LogP contribution in [-0.2, 0) is 27.2 Å². The molecule has 4 amide bonds. The van der Waals surface area contributed by atoms with Crippen molar-refractivity contribution in [3.05, 3.63) is 58.7 Å². The number of para-hydroxylation sites is 1. The van der Waals surface area contributed by atoms with Gasteiger partial charge in [-0.3, -0.25) is 19.4 Å². The molecule has 2 N–H and O–H groups in total. The minimum Gasteiger partial charge on any atom is -0.507 e. The Morgan fingerprint density at radius 1 is 0.891 bits per heavy atom. The first-order valence-electron chi connectivity index (χ1n) is 19.6. The third-order valence-corrected chi connectivity index (χ3v) is 11.6. The number of phenolic OH excluding ortho intramolecular Hbond substituents is 1. The number of fused-ring (bicyclic) bond motifs is 1. The Morgan fingerprint density at radius 2 is 1.47 bits per heavy atom. The Balaban J connectivity index is 0.000000228. The van der Waals surface area contributed by atoms with E-state index in [0.717, 1.165) is 80.7 Å². The van der Waals surface area contributed by atoms with Crippen LogP contribution in [0.25, 0.3) is 0 Å². The Bertz CT molecular complexity index is 1640. The summed E-state index contributed by atoms with van der Waals surface area (Å²) in [5.41, 5.74) is 4.81. The number of phenols is 1. The number of hydrogen-bond acceptors (Lipinski definition) is 8. The van der Waals surface area contributed by atoms with Gasteiger partial charge in [0.2, 0.25) is 11.7 Å². The molecule has 0 aromatic heterocycles. The molecule has 14 heteroatoms. The average molecular weight is 769 g/mol. The van der Waals surface area contributed by atoms with E-state index in [4.69, 9.17) is 4.74 Å². The first-order chi connectivity index (χ1) is 26.1.